The zero-order chi connectivity index (χ0) is 12.1. The molecule has 0 heterocycles. The molecule has 15 heavy (non-hydrogen) atoms. The van der Waals surface area contributed by atoms with E-state index in [1.165, 1.54) is 0 Å². The van der Waals surface area contributed by atoms with Crippen LogP contribution in [0.3, 0.4) is 0 Å². The molecule has 1 unspecified atom stereocenters. The summed E-state index contributed by atoms with van der Waals surface area (Å²) in [6.45, 7) is 5.15. The molecule has 6 nitrogen and oxygen atoms in total. The van der Waals surface area contributed by atoms with E-state index in [-0.39, 0.29) is 13.2 Å². The molecule has 0 aliphatic carbocycles. The number of nitrogens with one attached hydrogen (secondary N) is 1. The Morgan fingerprint density at radius 3 is 2.40 bits per heavy atom. The molecule has 0 aliphatic rings. The summed E-state index contributed by atoms with van der Waals surface area (Å²) in [5.74, 6) is -1.27. The molecule has 0 aromatic heterocycles. The third kappa shape index (κ3) is 7.90. The normalized spacial score (nSPS) is 13.3. The molecule has 4 N–H and O–H groups in total. The van der Waals surface area contributed by atoms with Gasteiger partial charge in [-0.25, -0.2) is 0 Å². The maximum absolute atomic E-state index is 11.1. The van der Waals surface area contributed by atoms with Crippen molar-refractivity contribution in [3.05, 3.63) is 0 Å². The molecule has 0 rings (SSSR count). The van der Waals surface area contributed by atoms with Crippen LogP contribution in [-0.4, -0.2) is 41.8 Å². The number of carbonyl (C=O) groups is 2. The summed E-state index contributed by atoms with van der Waals surface area (Å²) in [6.07, 6.45) is -1.36. The van der Waals surface area contributed by atoms with Gasteiger partial charge in [-0.3, -0.25) is 9.59 Å². The standard InChI is InChI=1S/C9H18N2O4/c1-9(2,3)15-5-7(13)11-4-6(12)8(10)14/h6,12H,4-5H2,1-3H3,(H2,10,14)(H,11,13). The molecule has 0 aromatic carbocycles. The Hall–Kier alpha value is -1.14. The average Bonchev–Trinajstić information content (AvgIpc) is 2.09. The van der Waals surface area contributed by atoms with Crippen molar-refractivity contribution >= 4 is 11.8 Å². The van der Waals surface area contributed by atoms with Crippen LogP contribution in [0.15, 0.2) is 0 Å². The first-order chi connectivity index (χ1) is 6.72. The number of ether oxygens (including phenoxy) is 1. The monoisotopic (exact) mass is 218 g/mol. The number of hydrogen-bond donors (Lipinski definition) is 3. The van der Waals surface area contributed by atoms with E-state index >= 15 is 0 Å². The highest BCUT2D eigenvalue weighted by molar-refractivity contribution is 5.81. The lowest BCUT2D eigenvalue weighted by Gasteiger charge is -2.19. The van der Waals surface area contributed by atoms with Crippen molar-refractivity contribution < 1.29 is 19.4 Å². The van der Waals surface area contributed by atoms with Gasteiger partial charge in [0.2, 0.25) is 11.8 Å². The minimum absolute atomic E-state index is 0.116. The Morgan fingerprint density at radius 2 is 2.00 bits per heavy atom. The van der Waals surface area contributed by atoms with E-state index in [9.17, 15) is 9.59 Å². The molecule has 88 valence electrons. The molecule has 0 fully saturated rings. The minimum atomic E-state index is -1.36. The van der Waals surface area contributed by atoms with Gasteiger partial charge in [0.15, 0.2) is 0 Å². The number of aliphatic hydroxyl groups is 1. The van der Waals surface area contributed by atoms with E-state index in [0.29, 0.717) is 0 Å². The smallest absolute Gasteiger partial charge is 0.248 e. The molecule has 0 saturated carbocycles. The summed E-state index contributed by atoms with van der Waals surface area (Å²) in [6, 6.07) is 0. The molecule has 1 atom stereocenters. The maximum Gasteiger partial charge on any atom is 0.248 e. The fraction of sp³-hybridized carbons (Fsp3) is 0.778. The van der Waals surface area contributed by atoms with Crippen LogP contribution in [0.1, 0.15) is 20.8 Å². The van der Waals surface area contributed by atoms with Crippen molar-refractivity contribution in [2.24, 2.45) is 5.73 Å². The minimum Gasteiger partial charge on any atom is -0.381 e. The predicted octanol–water partition coefficient (Wildman–Crippen LogP) is -1.24. The van der Waals surface area contributed by atoms with E-state index in [4.69, 9.17) is 15.6 Å². The zero-order valence-electron chi connectivity index (χ0n) is 9.24. The second-order valence-corrected chi connectivity index (χ2v) is 4.12. The van der Waals surface area contributed by atoms with Crippen molar-refractivity contribution in [3.8, 4) is 0 Å². The van der Waals surface area contributed by atoms with Crippen LogP contribution >= 0.6 is 0 Å². The van der Waals surface area contributed by atoms with Crippen molar-refractivity contribution in [3.63, 3.8) is 0 Å². The summed E-state index contributed by atoms with van der Waals surface area (Å²) in [5.41, 5.74) is 4.39. The first-order valence-electron chi connectivity index (χ1n) is 4.60. The van der Waals surface area contributed by atoms with Gasteiger partial charge in [-0.05, 0) is 20.8 Å². The van der Waals surface area contributed by atoms with Gasteiger partial charge in [0.05, 0.1) is 12.1 Å². The van der Waals surface area contributed by atoms with Crippen LogP contribution < -0.4 is 11.1 Å². The Bertz CT molecular complexity index is 235. The Kier molecular flexibility index (Phi) is 5.24. The van der Waals surface area contributed by atoms with Crippen LogP contribution in [0, 0.1) is 0 Å². The number of hydrogen-bond acceptors (Lipinski definition) is 4. The lowest BCUT2D eigenvalue weighted by Crippen LogP contribution is -2.41. The fourth-order valence-corrected chi connectivity index (χ4v) is 0.644. The van der Waals surface area contributed by atoms with E-state index in [2.05, 4.69) is 5.32 Å². The lowest BCUT2D eigenvalue weighted by molar-refractivity contribution is -0.132. The molecule has 0 aliphatic heterocycles. The van der Waals surface area contributed by atoms with Gasteiger partial charge in [0, 0.05) is 0 Å². The van der Waals surface area contributed by atoms with Crippen LogP contribution in [-0.2, 0) is 14.3 Å². The third-order valence-electron chi connectivity index (χ3n) is 1.46. The van der Waals surface area contributed by atoms with Gasteiger partial charge >= 0.3 is 0 Å². The summed E-state index contributed by atoms with van der Waals surface area (Å²) < 4.78 is 5.17. The van der Waals surface area contributed by atoms with Gasteiger partial charge in [-0.1, -0.05) is 0 Å². The van der Waals surface area contributed by atoms with Crippen molar-refractivity contribution in [1.29, 1.82) is 0 Å². The van der Waals surface area contributed by atoms with Crippen molar-refractivity contribution in [2.75, 3.05) is 13.2 Å². The second-order valence-electron chi connectivity index (χ2n) is 4.12. The Balaban J connectivity index is 3.72. The van der Waals surface area contributed by atoms with Crippen molar-refractivity contribution in [2.45, 2.75) is 32.5 Å². The number of rotatable bonds is 5. The highest BCUT2D eigenvalue weighted by atomic mass is 16.5. The predicted molar refractivity (Wildman–Crippen MR) is 53.9 cm³/mol. The van der Waals surface area contributed by atoms with Gasteiger partial charge in [0.1, 0.15) is 12.7 Å². The lowest BCUT2D eigenvalue weighted by atomic mass is 10.2. The van der Waals surface area contributed by atoms with E-state index < -0.39 is 23.5 Å². The second kappa shape index (κ2) is 5.67. The van der Waals surface area contributed by atoms with Crippen LogP contribution in [0.2, 0.25) is 0 Å². The first-order valence-corrected chi connectivity index (χ1v) is 4.60. The number of aliphatic hydroxyl groups excluding tert-OH is 1. The molecular weight excluding hydrogens is 200 g/mol. The molecule has 0 spiro atoms. The van der Waals surface area contributed by atoms with E-state index in [0.717, 1.165) is 0 Å². The van der Waals surface area contributed by atoms with Gasteiger partial charge in [0.25, 0.3) is 0 Å². The highest BCUT2D eigenvalue weighted by Crippen LogP contribution is 2.05. The Labute approximate surface area is 88.8 Å². The van der Waals surface area contributed by atoms with Gasteiger partial charge < -0.3 is 20.9 Å². The topological polar surface area (TPSA) is 102 Å². The maximum atomic E-state index is 11.1. The Morgan fingerprint density at radius 1 is 1.47 bits per heavy atom. The highest BCUT2D eigenvalue weighted by Gasteiger charge is 2.15. The number of carbonyl (C=O) groups excluding carboxylic acids is 2. The summed E-state index contributed by atoms with van der Waals surface area (Å²) in [7, 11) is 0. The van der Waals surface area contributed by atoms with Crippen molar-refractivity contribution in [1.82, 2.24) is 5.32 Å². The molecule has 0 bridgehead atoms. The molecule has 6 heteroatoms. The van der Waals surface area contributed by atoms with Crippen LogP contribution in [0.25, 0.3) is 0 Å². The van der Waals surface area contributed by atoms with E-state index in [1.54, 1.807) is 0 Å². The van der Waals surface area contributed by atoms with Crippen LogP contribution in [0.5, 0.6) is 0 Å². The summed E-state index contributed by atoms with van der Waals surface area (Å²) in [4.78, 5) is 21.5. The SMILES string of the molecule is CC(C)(C)OCC(=O)NCC(O)C(N)=O. The van der Waals surface area contributed by atoms with Gasteiger partial charge in [-0.2, -0.15) is 0 Å². The largest absolute Gasteiger partial charge is 0.381 e. The average molecular weight is 218 g/mol. The number of primary amides is 1. The molecule has 2 amide bonds. The zero-order valence-corrected chi connectivity index (χ0v) is 9.24. The number of amides is 2. The summed E-state index contributed by atoms with van der Waals surface area (Å²) in [5, 5.41) is 11.3. The van der Waals surface area contributed by atoms with Crippen LogP contribution in [0.4, 0.5) is 0 Å². The molecular formula is C9H18N2O4. The van der Waals surface area contributed by atoms with E-state index in [1.807, 2.05) is 20.8 Å². The molecule has 0 saturated heterocycles. The number of nitrogens with two attached hydrogens (primary N) is 1. The fourth-order valence-electron chi connectivity index (χ4n) is 0.644. The first kappa shape index (κ1) is 13.9. The molecule has 0 radical (unpaired) electrons. The molecule has 0 aromatic rings. The van der Waals surface area contributed by atoms with Gasteiger partial charge in [-0.15, -0.1) is 0 Å². The summed E-state index contributed by atoms with van der Waals surface area (Å²) >= 11 is 0. The third-order valence-corrected chi connectivity index (χ3v) is 1.46. The quantitative estimate of drug-likeness (QED) is 0.537.